The van der Waals surface area contributed by atoms with Gasteiger partial charge in [0, 0.05) is 23.2 Å². The Hall–Kier alpha value is -1.95. The number of nitrogens with zero attached hydrogens (tertiary/aromatic N) is 3. The zero-order valence-electron chi connectivity index (χ0n) is 13.3. The molecule has 0 N–H and O–H groups in total. The highest BCUT2D eigenvalue weighted by atomic mass is 32.1. The Labute approximate surface area is 129 Å². The summed E-state index contributed by atoms with van der Waals surface area (Å²) in [4.78, 5) is 5.32. The van der Waals surface area contributed by atoms with Crippen LogP contribution in [0.1, 0.15) is 32.8 Å². The van der Waals surface area contributed by atoms with Crippen LogP contribution in [0.5, 0.6) is 0 Å². The number of rotatable bonds is 0. The van der Waals surface area contributed by atoms with Gasteiger partial charge >= 0.3 is 0 Å². The second kappa shape index (κ2) is 8.36. The van der Waals surface area contributed by atoms with Crippen molar-refractivity contribution >= 4 is 11.3 Å². The first-order chi connectivity index (χ1) is 9.86. The maximum absolute atomic E-state index is 4.71. The first-order valence-electron chi connectivity index (χ1n) is 6.55. The lowest BCUT2D eigenvalue weighted by molar-refractivity contribution is 0.393. The van der Waals surface area contributed by atoms with Gasteiger partial charge in [-0.05, 0) is 41.5 Å². The SMILES string of the molecule is Cc1cc(C)on1.Cc1cc(C)on1.Cc1cnc(C)s1. The molecule has 6 heteroatoms. The molecule has 0 aliphatic heterocycles. The van der Waals surface area contributed by atoms with Crippen LogP contribution in [0.15, 0.2) is 27.4 Å². The molecule has 0 aliphatic rings. The van der Waals surface area contributed by atoms with E-state index >= 15 is 0 Å². The van der Waals surface area contributed by atoms with Gasteiger partial charge in [-0.1, -0.05) is 10.3 Å². The molecule has 0 radical (unpaired) electrons. The van der Waals surface area contributed by atoms with Crippen LogP contribution in [0.25, 0.3) is 0 Å². The summed E-state index contributed by atoms with van der Waals surface area (Å²) < 4.78 is 9.43. The van der Waals surface area contributed by atoms with E-state index in [0.29, 0.717) is 0 Å². The first kappa shape index (κ1) is 17.1. The van der Waals surface area contributed by atoms with E-state index in [0.717, 1.165) is 27.9 Å². The summed E-state index contributed by atoms with van der Waals surface area (Å²) in [6, 6.07) is 3.78. The number of aryl methyl sites for hydroxylation is 6. The molecule has 0 saturated heterocycles. The third-order valence-electron chi connectivity index (χ3n) is 2.23. The van der Waals surface area contributed by atoms with Gasteiger partial charge in [-0.25, -0.2) is 4.98 Å². The minimum atomic E-state index is 0.873. The van der Waals surface area contributed by atoms with Crippen LogP contribution < -0.4 is 0 Å². The molecule has 0 aliphatic carbocycles. The number of aromatic nitrogens is 3. The standard InChI is InChI=1S/2C5H7NO.C5H7NS/c2*1-4-3-5(2)7-6-4;1-4-3-6-5(2)7-4/h3*3H,1-2H3. The lowest BCUT2D eigenvalue weighted by Gasteiger charge is -1.68. The van der Waals surface area contributed by atoms with E-state index in [1.165, 1.54) is 4.88 Å². The van der Waals surface area contributed by atoms with Gasteiger partial charge in [0.25, 0.3) is 0 Å². The molecule has 3 rings (SSSR count). The van der Waals surface area contributed by atoms with Crippen LogP contribution in [0.3, 0.4) is 0 Å². The molecule has 0 atom stereocenters. The van der Waals surface area contributed by atoms with E-state index in [2.05, 4.69) is 22.2 Å². The maximum Gasteiger partial charge on any atom is 0.133 e. The van der Waals surface area contributed by atoms with Crippen molar-refractivity contribution in [3.05, 3.63) is 51.1 Å². The van der Waals surface area contributed by atoms with Crippen molar-refractivity contribution in [2.75, 3.05) is 0 Å². The molecular formula is C15H21N3O2S. The first-order valence-corrected chi connectivity index (χ1v) is 7.37. The van der Waals surface area contributed by atoms with Crippen LogP contribution in [-0.4, -0.2) is 15.3 Å². The quantitative estimate of drug-likeness (QED) is 0.618. The van der Waals surface area contributed by atoms with E-state index in [9.17, 15) is 0 Å². The fourth-order valence-corrected chi connectivity index (χ4v) is 2.13. The van der Waals surface area contributed by atoms with Crippen LogP contribution in [0.2, 0.25) is 0 Å². The average Bonchev–Trinajstić information content (AvgIpc) is 3.06. The molecule has 0 fully saturated rings. The molecule has 0 saturated carbocycles. The number of hydrogen-bond donors (Lipinski definition) is 0. The van der Waals surface area contributed by atoms with Crippen molar-refractivity contribution in [2.45, 2.75) is 41.5 Å². The van der Waals surface area contributed by atoms with Gasteiger partial charge in [-0.3, -0.25) is 0 Å². The lowest BCUT2D eigenvalue weighted by atomic mass is 10.4. The Morgan fingerprint density at radius 3 is 1.38 bits per heavy atom. The van der Waals surface area contributed by atoms with Crippen LogP contribution in [0, 0.1) is 41.5 Å². The number of hydrogen-bond acceptors (Lipinski definition) is 6. The summed E-state index contributed by atoms with van der Waals surface area (Å²) in [5.74, 6) is 1.75. The molecule has 3 aromatic heterocycles. The molecule has 114 valence electrons. The van der Waals surface area contributed by atoms with Gasteiger partial charge in [0.1, 0.15) is 11.5 Å². The molecule has 0 unspecified atom stereocenters. The Morgan fingerprint density at radius 2 is 1.29 bits per heavy atom. The number of thiazole rings is 1. The van der Waals surface area contributed by atoms with Crippen molar-refractivity contribution in [3.63, 3.8) is 0 Å². The summed E-state index contributed by atoms with van der Waals surface area (Å²) in [6.45, 7) is 11.6. The fourth-order valence-electron chi connectivity index (χ4n) is 1.45. The van der Waals surface area contributed by atoms with Crippen LogP contribution >= 0.6 is 11.3 Å². The maximum atomic E-state index is 4.71. The predicted molar refractivity (Wildman–Crippen MR) is 83.5 cm³/mol. The smallest absolute Gasteiger partial charge is 0.133 e. The summed E-state index contributed by atoms with van der Waals surface area (Å²) in [7, 11) is 0. The molecule has 5 nitrogen and oxygen atoms in total. The van der Waals surface area contributed by atoms with Gasteiger partial charge in [0.15, 0.2) is 0 Å². The molecule has 0 spiro atoms. The average molecular weight is 307 g/mol. The zero-order chi connectivity index (χ0) is 15.8. The van der Waals surface area contributed by atoms with E-state index in [1.54, 1.807) is 11.3 Å². The molecule has 3 heterocycles. The largest absolute Gasteiger partial charge is 0.361 e. The van der Waals surface area contributed by atoms with Crippen molar-refractivity contribution in [1.29, 1.82) is 0 Å². The summed E-state index contributed by atoms with van der Waals surface area (Å²) in [6.07, 6.45) is 1.89. The minimum Gasteiger partial charge on any atom is -0.361 e. The Kier molecular flexibility index (Phi) is 6.81. The van der Waals surface area contributed by atoms with Gasteiger partial charge in [0.05, 0.1) is 16.4 Å². The summed E-state index contributed by atoms with van der Waals surface area (Å²) in [5, 5.41) is 8.43. The van der Waals surface area contributed by atoms with Gasteiger partial charge in [-0.2, -0.15) is 0 Å². The van der Waals surface area contributed by atoms with E-state index in [4.69, 9.17) is 9.05 Å². The van der Waals surface area contributed by atoms with Crippen molar-refractivity contribution in [1.82, 2.24) is 15.3 Å². The van der Waals surface area contributed by atoms with Crippen molar-refractivity contribution in [3.8, 4) is 0 Å². The topological polar surface area (TPSA) is 65.0 Å². The molecule has 0 aromatic carbocycles. The summed E-state index contributed by atoms with van der Waals surface area (Å²) >= 11 is 1.73. The van der Waals surface area contributed by atoms with Gasteiger partial charge in [0.2, 0.25) is 0 Å². The monoisotopic (exact) mass is 307 g/mol. The molecule has 21 heavy (non-hydrogen) atoms. The normalized spacial score (nSPS) is 9.43. The predicted octanol–water partition coefficient (Wildman–Crippen LogP) is 4.34. The van der Waals surface area contributed by atoms with Crippen molar-refractivity contribution < 1.29 is 9.05 Å². The van der Waals surface area contributed by atoms with Crippen LogP contribution in [0.4, 0.5) is 0 Å². The highest BCUT2D eigenvalue weighted by molar-refractivity contribution is 7.11. The van der Waals surface area contributed by atoms with Gasteiger partial charge in [-0.15, -0.1) is 11.3 Å². The van der Waals surface area contributed by atoms with Crippen molar-refractivity contribution in [2.24, 2.45) is 0 Å². The Bertz CT molecular complexity index is 515. The fraction of sp³-hybridized carbons (Fsp3) is 0.400. The molecule has 0 bridgehead atoms. The Morgan fingerprint density at radius 1 is 0.810 bits per heavy atom. The summed E-state index contributed by atoms with van der Waals surface area (Å²) in [5.41, 5.74) is 1.88. The third-order valence-corrected chi connectivity index (χ3v) is 3.06. The second-order valence-electron chi connectivity index (χ2n) is 4.65. The molecular weight excluding hydrogens is 286 g/mol. The molecule has 0 amide bonds. The van der Waals surface area contributed by atoms with E-state index < -0.39 is 0 Å². The highest BCUT2D eigenvalue weighted by Gasteiger charge is 1.89. The second-order valence-corrected chi connectivity index (χ2v) is 6.09. The van der Waals surface area contributed by atoms with E-state index in [-0.39, 0.29) is 0 Å². The van der Waals surface area contributed by atoms with Crippen LogP contribution in [-0.2, 0) is 0 Å². The molecule has 3 aromatic rings. The minimum absolute atomic E-state index is 0.873. The third kappa shape index (κ3) is 7.41. The lowest BCUT2D eigenvalue weighted by Crippen LogP contribution is -1.59. The highest BCUT2D eigenvalue weighted by Crippen LogP contribution is 2.07. The Balaban J connectivity index is 0.000000157. The van der Waals surface area contributed by atoms with Gasteiger partial charge < -0.3 is 9.05 Å². The van der Waals surface area contributed by atoms with E-state index in [1.807, 2.05) is 52.9 Å². The zero-order valence-corrected chi connectivity index (χ0v) is 14.1.